The highest BCUT2D eigenvalue weighted by Crippen LogP contribution is 2.29. The molecule has 1 amide bonds. The molecule has 0 unspecified atom stereocenters. The van der Waals surface area contributed by atoms with E-state index in [-0.39, 0.29) is 24.1 Å². The van der Waals surface area contributed by atoms with E-state index in [0.717, 1.165) is 61.7 Å². The number of ketones is 1. The summed E-state index contributed by atoms with van der Waals surface area (Å²) in [6.07, 6.45) is 2.62. The normalized spacial score (nSPS) is 16.0. The third-order valence-electron chi connectivity index (χ3n) is 6.08. The van der Waals surface area contributed by atoms with E-state index in [1.807, 2.05) is 37.3 Å². The standard InChI is InChI=1S/C25H31N3O3.ClH/c1-2-31-24-8-4-3-6-22(24)28-16-14-27(15-17-28)13-5-7-23(29)20-9-11-21-19(18-20)10-12-25(30)26-21;/h3-4,6,8-9,11,18H,2,5,7,10,12-17H2,1H3,(H,26,30);1H. The Labute approximate surface area is 196 Å². The number of Topliss-reactive ketones (excluding diaryl/α,β-unsaturated/α-hetero) is 1. The first-order valence-corrected chi connectivity index (χ1v) is 11.3. The summed E-state index contributed by atoms with van der Waals surface area (Å²) in [4.78, 5) is 29.0. The molecule has 2 aromatic carbocycles. The predicted octanol–water partition coefficient (Wildman–Crippen LogP) is 4.18. The molecule has 0 atom stereocenters. The first-order valence-electron chi connectivity index (χ1n) is 11.3. The molecule has 2 aliphatic heterocycles. The smallest absolute Gasteiger partial charge is 0.224 e. The Morgan fingerprint density at radius 3 is 2.62 bits per heavy atom. The van der Waals surface area contributed by atoms with Gasteiger partial charge in [0.1, 0.15) is 5.75 Å². The van der Waals surface area contributed by atoms with Crippen LogP contribution in [-0.2, 0) is 11.2 Å². The Kier molecular flexibility index (Phi) is 8.53. The number of benzene rings is 2. The fourth-order valence-electron chi connectivity index (χ4n) is 4.37. The Hall–Kier alpha value is -2.57. The van der Waals surface area contributed by atoms with Gasteiger partial charge in [-0.1, -0.05) is 12.1 Å². The van der Waals surface area contributed by atoms with Crippen molar-refractivity contribution in [2.45, 2.75) is 32.6 Å². The molecule has 2 aliphatic rings. The molecule has 172 valence electrons. The molecule has 7 heteroatoms. The molecule has 6 nitrogen and oxygen atoms in total. The lowest BCUT2D eigenvalue weighted by Gasteiger charge is -2.36. The number of piperazine rings is 1. The average molecular weight is 458 g/mol. The zero-order valence-corrected chi connectivity index (χ0v) is 19.5. The number of hydrogen-bond donors (Lipinski definition) is 1. The van der Waals surface area contributed by atoms with Crippen molar-refractivity contribution >= 4 is 35.5 Å². The highest BCUT2D eigenvalue weighted by Gasteiger charge is 2.20. The zero-order valence-electron chi connectivity index (χ0n) is 18.6. The number of fused-ring (bicyclic) bond motifs is 1. The Balaban J connectivity index is 0.00000289. The van der Waals surface area contributed by atoms with Gasteiger partial charge in [0.05, 0.1) is 12.3 Å². The SMILES string of the molecule is CCOc1ccccc1N1CCN(CCCC(=O)c2ccc3c(c2)CCC(=O)N3)CC1.Cl. The van der Waals surface area contributed by atoms with Crippen LogP contribution >= 0.6 is 12.4 Å². The number of anilines is 2. The lowest BCUT2D eigenvalue weighted by Crippen LogP contribution is -2.46. The summed E-state index contributed by atoms with van der Waals surface area (Å²) in [6, 6.07) is 13.9. The molecule has 0 saturated carbocycles. The number of halogens is 1. The quantitative estimate of drug-likeness (QED) is 0.602. The molecule has 0 spiro atoms. The largest absolute Gasteiger partial charge is 0.492 e. The van der Waals surface area contributed by atoms with Gasteiger partial charge in [-0.2, -0.15) is 0 Å². The summed E-state index contributed by atoms with van der Waals surface area (Å²) in [5.74, 6) is 1.19. The maximum Gasteiger partial charge on any atom is 0.224 e. The van der Waals surface area contributed by atoms with Crippen molar-refractivity contribution in [2.75, 3.05) is 49.5 Å². The van der Waals surface area contributed by atoms with Gasteiger partial charge in [-0.25, -0.2) is 0 Å². The second kappa shape index (κ2) is 11.3. The van der Waals surface area contributed by atoms with E-state index in [1.54, 1.807) is 0 Å². The Bertz CT molecular complexity index is 942. The van der Waals surface area contributed by atoms with Crippen molar-refractivity contribution in [3.8, 4) is 5.75 Å². The average Bonchev–Trinajstić information content (AvgIpc) is 2.80. The molecule has 32 heavy (non-hydrogen) atoms. The molecule has 1 saturated heterocycles. The topological polar surface area (TPSA) is 61.9 Å². The fraction of sp³-hybridized carbons (Fsp3) is 0.440. The van der Waals surface area contributed by atoms with E-state index in [9.17, 15) is 9.59 Å². The van der Waals surface area contributed by atoms with Gasteiger partial charge in [0, 0.05) is 50.3 Å². The summed E-state index contributed by atoms with van der Waals surface area (Å²) in [5, 5.41) is 2.87. The number of carbonyl (C=O) groups excluding carboxylic acids is 2. The highest BCUT2D eigenvalue weighted by atomic mass is 35.5. The third-order valence-corrected chi connectivity index (χ3v) is 6.08. The number of amides is 1. The molecule has 2 aromatic rings. The van der Waals surface area contributed by atoms with Crippen LogP contribution in [0.15, 0.2) is 42.5 Å². The van der Waals surface area contributed by atoms with Gasteiger partial charge in [-0.05, 0) is 62.2 Å². The van der Waals surface area contributed by atoms with E-state index in [2.05, 4.69) is 27.2 Å². The number of ether oxygens (including phenoxy) is 1. The van der Waals surface area contributed by atoms with Gasteiger partial charge in [0.25, 0.3) is 0 Å². The maximum absolute atomic E-state index is 12.6. The van der Waals surface area contributed by atoms with Gasteiger partial charge in [-0.15, -0.1) is 12.4 Å². The van der Waals surface area contributed by atoms with Crippen LogP contribution < -0.4 is 15.0 Å². The fourth-order valence-corrected chi connectivity index (χ4v) is 4.37. The zero-order chi connectivity index (χ0) is 21.6. The van der Waals surface area contributed by atoms with Crippen LogP contribution in [0.25, 0.3) is 0 Å². The summed E-state index contributed by atoms with van der Waals surface area (Å²) in [5.41, 5.74) is 3.83. The minimum Gasteiger partial charge on any atom is -0.492 e. The lowest BCUT2D eigenvalue weighted by molar-refractivity contribution is -0.116. The van der Waals surface area contributed by atoms with Crippen molar-refractivity contribution in [1.29, 1.82) is 0 Å². The second-order valence-corrected chi connectivity index (χ2v) is 8.18. The molecule has 0 aliphatic carbocycles. The number of rotatable bonds is 8. The van der Waals surface area contributed by atoms with Crippen molar-refractivity contribution in [2.24, 2.45) is 0 Å². The number of para-hydroxylation sites is 2. The van der Waals surface area contributed by atoms with Crippen LogP contribution in [0, 0.1) is 0 Å². The van der Waals surface area contributed by atoms with E-state index in [0.29, 0.717) is 25.9 Å². The van der Waals surface area contributed by atoms with Crippen molar-refractivity contribution in [1.82, 2.24) is 4.90 Å². The van der Waals surface area contributed by atoms with E-state index in [4.69, 9.17) is 4.74 Å². The van der Waals surface area contributed by atoms with Gasteiger partial charge in [-0.3, -0.25) is 14.5 Å². The predicted molar refractivity (Wildman–Crippen MR) is 130 cm³/mol. The van der Waals surface area contributed by atoms with Crippen LogP contribution in [-0.4, -0.2) is 55.9 Å². The number of carbonyl (C=O) groups is 2. The molecule has 0 radical (unpaired) electrons. The summed E-state index contributed by atoms with van der Waals surface area (Å²) < 4.78 is 5.78. The summed E-state index contributed by atoms with van der Waals surface area (Å²) in [6.45, 7) is 7.54. The van der Waals surface area contributed by atoms with Crippen LogP contribution in [0.1, 0.15) is 42.1 Å². The van der Waals surface area contributed by atoms with Gasteiger partial charge in [0.2, 0.25) is 5.91 Å². The highest BCUT2D eigenvalue weighted by molar-refractivity contribution is 5.99. The maximum atomic E-state index is 12.6. The number of nitrogens with one attached hydrogen (secondary N) is 1. The summed E-state index contributed by atoms with van der Waals surface area (Å²) >= 11 is 0. The van der Waals surface area contributed by atoms with Crippen LogP contribution in [0.4, 0.5) is 11.4 Å². The Morgan fingerprint density at radius 2 is 1.84 bits per heavy atom. The molecule has 4 rings (SSSR count). The van der Waals surface area contributed by atoms with Crippen molar-refractivity contribution < 1.29 is 14.3 Å². The van der Waals surface area contributed by atoms with Crippen LogP contribution in [0.5, 0.6) is 5.75 Å². The second-order valence-electron chi connectivity index (χ2n) is 8.18. The molecular weight excluding hydrogens is 426 g/mol. The van der Waals surface area contributed by atoms with Gasteiger partial charge >= 0.3 is 0 Å². The third kappa shape index (κ3) is 5.81. The van der Waals surface area contributed by atoms with E-state index >= 15 is 0 Å². The molecule has 0 aromatic heterocycles. The minimum absolute atomic E-state index is 0. The number of aryl methyl sites for hydroxylation is 1. The number of hydrogen-bond acceptors (Lipinski definition) is 5. The molecular formula is C25H32ClN3O3. The van der Waals surface area contributed by atoms with Gasteiger partial charge in [0.15, 0.2) is 5.78 Å². The first-order chi connectivity index (χ1) is 15.1. The molecule has 1 N–H and O–H groups in total. The van der Waals surface area contributed by atoms with Crippen molar-refractivity contribution in [3.05, 3.63) is 53.6 Å². The van der Waals surface area contributed by atoms with E-state index < -0.39 is 0 Å². The molecule has 2 heterocycles. The number of nitrogens with zero attached hydrogens (tertiary/aromatic N) is 2. The summed E-state index contributed by atoms with van der Waals surface area (Å²) in [7, 11) is 0. The monoisotopic (exact) mass is 457 g/mol. The molecule has 0 bridgehead atoms. The van der Waals surface area contributed by atoms with E-state index in [1.165, 1.54) is 5.69 Å². The lowest BCUT2D eigenvalue weighted by atomic mass is 9.97. The molecule has 1 fully saturated rings. The van der Waals surface area contributed by atoms with Crippen molar-refractivity contribution in [3.63, 3.8) is 0 Å². The Morgan fingerprint density at radius 1 is 1.06 bits per heavy atom. The first kappa shape index (κ1) is 24.1. The van der Waals surface area contributed by atoms with Crippen LogP contribution in [0.2, 0.25) is 0 Å². The van der Waals surface area contributed by atoms with Crippen LogP contribution in [0.3, 0.4) is 0 Å². The van der Waals surface area contributed by atoms with Gasteiger partial charge < -0.3 is 15.0 Å². The minimum atomic E-state index is 0.